The van der Waals surface area contributed by atoms with E-state index in [1.807, 2.05) is 58.0 Å². The average Bonchev–Trinajstić information content (AvgIpc) is 3.17. The fourth-order valence-electron chi connectivity index (χ4n) is 3.93. The van der Waals surface area contributed by atoms with E-state index in [0.29, 0.717) is 6.61 Å². The van der Waals surface area contributed by atoms with Gasteiger partial charge in [0.05, 0.1) is 6.61 Å². The predicted octanol–water partition coefficient (Wildman–Crippen LogP) is 2.16. The number of hydrogen-bond donors (Lipinski definition) is 1. The molecule has 6 nitrogen and oxygen atoms in total. The molecular formula is C19H26O6. The van der Waals surface area contributed by atoms with Crippen molar-refractivity contribution in [3.05, 3.63) is 35.9 Å². The fraction of sp³-hybridized carbons (Fsp3) is 0.684. The minimum absolute atomic E-state index is 0.257. The summed E-state index contributed by atoms with van der Waals surface area (Å²) in [7, 11) is 0. The first-order valence-electron chi connectivity index (χ1n) is 8.82. The maximum absolute atomic E-state index is 10.9. The molecule has 0 amide bonds. The first kappa shape index (κ1) is 17.4. The van der Waals surface area contributed by atoms with Crippen LogP contribution < -0.4 is 0 Å². The van der Waals surface area contributed by atoms with E-state index in [0.717, 1.165) is 5.56 Å². The van der Waals surface area contributed by atoms with Crippen molar-refractivity contribution in [1.29, 1.82) is 0 Å². The Kier molecular flexibility index (Phi) is 4.18. The van der Waals surface area contributed by atoms with Crippen LogP contribution in [0.4, 0.5) is 0 Å². The highest BCUT2D eigenvalue weighted by Gasteiger charge is 2.60. The summed E-state index contributed by atoms with van der Waals surface area (Å²) in [6.45, 7) is 7.95. The average molecular weight is 350 g/mol. The molecule has 1 aromatic carbocycles. The normalized spacial score (nSPS) is 40.1. The van der Waals surface area contributed by atoms with Crippen LogP contribution in [0.2, 0.25) is 0 Å². The van der Waals surface area contributed by atoms with Crippen molar-refractivity contribution in [2.45, 2.75) is 75.9 Å². The number of rotatable bonds is 3. The van der Waals surface area contributed by atoms with E-state index in [4.69, 9.17) is 23.7 Å². The quantitative estimate of drug-likeness (QED) is 0.901. The van der Waals surface area contributed by atoms with Crippen molar-refractivity contribution in [2.24, 2.45) is 0 Å². The van der Waals surface area contributed by atoms with Gasteiger partial charge in [0.15, 0.2) is 11.6 Å². The molecule has 0 unspecified atom stereocenters. The lowest BCUT2D eigenvalue weighted by Gasteiger charge is -2.28. The summed E-state index contributed by atoms with van der Waals surface area (Å²) in [5.74, 6) is -1.37. The highest BCUT2D eigenvalue weighted by atomic mass is 16.8. The van der Waals surface area contributed by atoms with Gasteiger partial charge in [-0.25, -0.2) is 0 Å². The summed E-state index contributed by atoms with van der Waals surface area (Å²) in [4.78, 5) is 0. The van der Waals surface area contributed by atoms with Gasteiger partial charge in [-0.3, -0.25) is 0 Å². The van der Waals surface area contributed by atoms with Crippen LogP contribution in [0.3, 0.4) is 0 Å². The molecule has 3 aliphatic heterocycles. The third-order valence-electron chi connectivity index (χ3n) is 4.97. The molecule has 0 aliphatic carbocycles. The highest BCUT2D eigenvalue weighted by Crippen LogP contribution is 2.45. The van der Waals surface area contributed by atoms with Crippen molar-refractivity contribution < 1.29 is 28.8 Å². The zero-order valence-electron chi connectivity index (χ0n) is 15.0. The summed E-state index contributed by atoms with van der Waals surface area (Å²) >= 11 is 0. The van der Waals surface area contributed by atoms with Gasteiger partial charge in [0.25, 0.3) is 0 Å². The molecule has 3 aliphatic rings. The van der Waals surface area contributed by atoms with Gasteiger partial charge in [0.1, 0.15) is 36.6 Å². The smallest absolute Gasteiger partial charge is 0.164 e. The number of benzene rings is 1. The molecule has 0 radical (unpaired) electrons. The number of aliphatic hydroxyl groups excluding tert-OH is 1. The maximum atomic E-state index is 10.9. The first-order chi connectivity index (χ1) is 11.8. The topological polar surface area (TPSA) is 66.4 Å². The molecule has 3 saturated heterocycles. The molecule has 0 aromatic heterocycles. The minimum atomic E-state index is -0.800. The third kappa shape index (κ3) is 3.23. The van der Waals surface area contributed by atoms with Crippen molar-refractivity contribution in [1.82, 2.24) is 0 Å². The van der Waals surface area contributed by atoms with E-state index in [-0.39, 0.29) is 24.4 Å². The van der Waals surface area contributed by atoms with Gasteiger partial charge in [-0.2, -0.15) is 0 Å². The van der Waals surface area contributed by atoms with Crippen LogP contribution in [0, 0.1) is 0 Å². The number of ether oxygens (including phenoxy) is 5. The lowest BCUT2D eigenvalue weighted by molar-refractivity contribution is -0.215. The Balaban J connectivity index is 1.59. The molecule has 3 fully saturated rings. The van der Waals surface area contributed by atoms with Crippen molar-refractivity contribution >= 4 is 0 Å². The standard InChI is InChI=1S/C19H26O6/c1-18(2)21-10-12(23-18)14-16-17(25-19(3,4)24-16)15(22-14)13(20)11-8-6-5-7-9-11/h5-9,12-17,20H,10H2,1-4H3/t12-,13-,14-,15-,16+,17-/m1/s1. The maximum Gasteiger partial charge on any atom is 0.164 e. The van der Waals surface area contributed by atoms with Crippen LogP contribution in [0.1, 0.15) is 39.4 Å². The van der Waals surface area contributed by atoms with E-state index < -0.39 is 23.8 Å². The Morgan fingerprint density at radius 3 is 2.24 bits per heavy atom. The lowest BCUT2D eigenvalue weighted by atomic mass is 9.97. The van der Waals surface area contributed by atoms with Gasteiger partial charge in [0, 0.05) is 0 Å². The van der Waals surface area contributed by atoms with Crippen molar-refractivity contribution in [3.8, 4) is 0 Å². The summed E-state index contributed by atoms with van der Waals surface area (Å²) in [6.07, 6.45) is -2.59. The van der Waals surface area contributed by atoms with E-state index >= 15 is 0 Å². The van der Waals surface area contributed by atoms with Gasteiger partial charge < -0.3 is 28.8 Å². The predicted molar refractivity (Wildman–Crippen MR) is 88.8 cm³/mol. The van der Waals surface area contributed by atoms with Gasteiger partial charge in [0.2, 0.25) is 0 Å². The molecule has 4 rings (SSSR count). The Labute approximate surface area is 148 Å². The van der Waals surface area contributed by atoms with Gasteiger partial charge in [-0.15, -0.1) is 0 Å². The lowest BCUT2D eigenvalue weighted by Crippen LogP contribution is -2.40. The van der Waals surface area contributed by atoms with Crippen molar-refractivity contribution in [3.63, 3.8) is 0 Å². The van der Waals surface area contributed by atoms with Crippen LogP contribution in [0.15, 0.2) is 30.3 Å². The van der Waals surface area contributed by atoms with Gasteiger partial charge in [-0.05, 0) is 33.3 Å². The van der Waals surface area contributed by atoms with Crippen LogP contribution in [0.5, 0.6) is 0 Å². The van der Waals surface area contributed by atoms with Crippen LogP contribution >= 0.6 is 0 Å². The summed E-state index contributed by atoms with van der Waals surface area (Å²) in [5.41, 5.74) is 0.795. The second-order valence-electron chi connectivity index (χ2n) is 7.85. The van der Waals surface area contributed by atoms with Crippen LogP contribution in [-0.4, -0.2) is 53.8 Å². The van der Waals surface area contributed by atoms with Crippen LogP contribution in [-0.2, 0) is 23.7 Å². The third-order valence-corrected chi connectivity index (χ3v) is 4.97. The molecular weight excluding hydrogens is 324 g/mol. The molecule has 0 bridgehead atoms. The number of fused-ring (bicyclic) bond motifs is 1. The Morgan fingerprint density at radius 1 is 0.920 bits per heavy atom. The Morgan fingerprint density at radius 2 is 1.60 bits per heavy atom. The Hall–Kier alpha value is -1.02. The molecule has 6 heteroatoms. The number of aliphatic hydroxyl groups is 1. The first-order valence-corrected chi connectivity index (χ1v) is 8.82. The summed E-state index contributed by atoms with van der Waals surface area (Å²) in [5, 5.41) is 10.9. The zero-order chi connectivity index (χ0) is 17.8. The molecule has 0 saturated carbocycles. The molecule has 1 aromatic rings. The SMILES string of the molecule is CC1(C)O[C@@H]2[C@H](O1)[C@@H]([C@H](O)c1ccccc1)O[C@@H]2[C@H]1COC(C)(C)O1. The monoisotopic (exact) mass is 350 g/mol. The summed E-state index contributed by atoms with van der Waals surface area (Å²) < 4.78 is 30.0. The second kappa shape index (κ2) is 6.01. The van der Waals surface area contributed by atoms with Crippen LogP contribution in [0.25, 0.3) is 0 Å². The van der Waals surface area contributed by atoms with Gasteiger partial charge >= 0.3 is 0 Å². The van der Waals surface area contributed by atoms with E-state index in [2.05, 4.69) is 0 Å². The molecule has 138 valence electrons. The number of hydrogen-bond acceptors (Lipinski definition) is 6. The highest BCUT2D eigenvalue weighted by molar-refractivity contribution is 5.20. The summed E-state index contributed by atoms with van der Waals surface area (Å²) in [6, 6.07) is 9.48. The van der Waals surface area contributed by atoms with Crippen molar-refractivity contribution in [2.75, 3.05) is 6.61 Å². The largest absolute Gasteiger partial charge is 0.386 e. The van der Waals surface area contributed by atoms with E-state index in [1.165, 1.54) is 0 Å². The molecule has 1 N–H and O–H groups in total. The fourth-order valence-corrected chi connectivity index (χ4v) is 3.93. The Bertz CT molecular complexity index is 616. The molecule has 0 spiro atoms. The molecule has 25 heavy (non-hydrogen) atoms. The van der Waals surface area contributed by atoms with E-state index in [1.54, 1.807) is 0 Å². The zero-order valence-corrected chi connectivity index (χ0v) is 15.0. The minimum Gasteiger partial charge on any atom is -0.386 e. The van der Waals surface area contributed by atoms with E-state index in [9.17, 15) is 5.11 Å². The second-order valence-corrected chi connectivity index (χ2v) is 7.85. The molecule has 6 atom stereocenters. The van der Waals surface area contributed by atoms with Gasteiger partial charge in [-0.1, -0.05) is 30.3 Å². The molecule has 3 heterocycles.